The number of aryl methyl sites for hydroxylation is 1. The lowest BCUT2D eigenvalue weighted by Gasteiger charge is -2.00. The van der Waals surface area contributed by atoms with Crippen molar-refractivity contribution >= 4 is 5.71 Å². The second kappa shape index (κ2) is 4.61. The Morgan fingerprint density at radius 1 is 1.54 bits per heavy atom. The Kier molecular flexibility index (Phi) is 3.44. The first kappa shape index (κ1) is 9.72. The molecule has 1 heteroatoms. The minimum atomic E-state index is 0.694. The molecule has 0 saturated heterocycles. The molecule has 0 aromatic heterocycles. The maximum atomic E-state index is 4.35. The Bertz CT molecular complexity index is 324. The Hall–Kier alpha value is -1.37. The van der Waals surface area contributed by atoms with E-state index in [2.05, 4.69) is 42.8 Å². The summed E-state index contributed by atoms with van der Waals surface area (Å²) in [5.41, 5.74) is 3.54. The molecule has 1 rings (SSSR count). The number of benzene rings is 1. The van der Waals surface area contributed by atoms with Gasteiger partial charge in [-0.25, -0.2) is 0 Å². The number of hydrogen-bond acceptors (Lipinski definition) is 1. The summed E-state index contributed by atoms with van der Waals surface area (Å²) in [5, 5.41) is 0. The monoisotopic (exact) mass is 173 g/mol. The average Bonchev–Trinajstić information content (AvgIpc) is 2.14. The van der Waals surface area contributed by atoms with Gasteiger partial charge in [0.05, 0.1) is 6.54 Å². The van der Waals surface area contributed by atoms with Crippen molar-refractivity contribution in [3.05, 3.63) is 48.0 Å². The Morgan fingerprint density at radius 2 is 2.31 bits per heavy atom. The van der Waals surface area contributed by atoms with E-state index in [9.17, 15) is 0 Å². The molecule has 0 N–H and O–H groups in total. The van der Waals surface area contributed by atoms with Crippen LogP contribution in [0.25, 0.3) is 0 Å². The van der Waals surface area contributed by atoms with Crippen molar-refractivity contribution in [1.29, 1.82) is 0 Å². The highest BCUT2D eigenvalue weighted by molar-refractivity contribution is 5.98. The van der Waals surface area contributed by atoms with Gasteiger partial charge in [0.2, 0.25) is 0 Å². The molecule has 1 nitrogen and oxygen atoms in total. The van der Waals surface area contributed by atoms with E-state index in [0.29, 0.717) is 6.54 Å². The first-order valence-electron chi connectivity index (χ1n) is 4.43. The van der Waals surface area contributed by atoms with Gasteiger partial charge in [-0.1, -0.05) is 35.9 Å². The predicted molar refractivity (Wildman–Crippen MR) is 58.5 cm³/mol. The van der Waals surface area contributed by atoms with Crippen molar-refractivity contribution in [2.24, 2.45) is 4.99 Å². The zero-order chi connectivity index (χ0) is 9.68. The first-order valence-corrected chi connectivity index (χ1v) is 4.43. The van der Waals surface area contributed by atoms with Crippen LogP contribution in [-0.4, -0.2) is 12.3 Å². The molecule has 0 saturated carbocycles. The zero-order valence-electron chi connectivity index (χ0n) is 8.25. The topological polar surface area (TPSA) is 12.4 Å². The van der Waals surface area contributed by atoms with Gasteiger partial charge >= 0.3 is 0 Å². The molecule has 1 aromatic carbocycles. The Morgan fingerprint density at radius 3 is 2.92 bits per heavy atom. The molecule has 0 aliphatic carbocycles. The summed E-state index contributed by atoms with van der Waals surface area (Å²) < 4.78 is 0. The molecule has 0 bridgehead atoms. The van der Waals surface area contributed by atoms with Crippen LogP contribution in [0, 0.1) is 6.92 Å². The van der Waals surface area contributed by atoms with Crippen LogP contribution in [0.2, 0.25) is 0 Å². The van der Waals surface area contributed by atoms with Gasteiger partial charge in [0.25, 0.3) is 0 Å². The molecular formula is C12H15N. The van der Waals surface area contributed by atoms with Gasteiger partial charge in [0.15, 0.2) is 0 Å². The number of hydrogen-bond donors (Lipinski definition) is 0. The molecule has 68 valence electrons. The van der Waals surface area contributed by atoms with Gasteiger partial charge in [0, 0.05) is 5.71 Å². The molecule has 0 radical (unpaired) electrons. The van der Waals surface area contributed by atoms with Crippen molar-refractivity contribution in [2.45, 2.75) is 13.8 Å². The number of aliphatic imine (C=N–C) groups is 1. The third kappa shape index (κ3) is 2.86. The van der Waals surface area contributed by atoms with Crippen LogP contribution in [0.3, 0.4) is 0 Å². The summed E-state index contributed by atoms with van der Waals surface area (Å²) in [5.74, 6) is 0. The molecule has 0 spiro atoms. The fourth-order valence-electron chi connectivity index (χ4n) is 1.16. The standard InChI is InChI=1S/C12H15N/c1-4-8-13-11(3)12-7-5-6-10(2)9-12/h4-7,9H,1,8H2,2-3H3. The van der Waals surface area contributed by atoms with Gasteiger partial charge in [-0.15, -0.1) is 6.58 Å². The van der Waals surface area contributed by atoms with Gasteiger partial charge < -0.3 is 0 Å². The molecule has 0 atom stereocenters. The van der Waals surface area contributed by atoms with Crippen LogP contribution in [0.1, 0.15) is 18.1 Å². The van der Waals surface area contributed by atoms with E-state index in [-0.39, 0.29) is 0 Å². The van der Waals surface area contributed by atoms with E-state index in [0.717, 1.165) is 5.71 Å². The van der Waals surface area contributed by atoms with Crippen molar-refractivity contribution in [2.75, 3.05) is 6.54 Å². The number of rotatable bonds is 3. The molecule has 0 aliphatic rings. The maximum absolute atomic E-state index is 4.35. The highest BCUT2D eigenvalue weighted by Gasteiger charge is 1.95. The molecule has 0 aliphatic heterocycles. The van der Waals surface area contributed by atoms with E-state index in [1.807, 2.05) is 6.92 Å². The van der Waals surface area contributed by atoms with E-state index < -0.39 is 0 Å². The molecule has 0 fully saturated rings. The van der Waals surface area contributed by atoms with Crippen molar-refractivity contribution < 1.29 is 0 Å². The maximum Gasteiger partial charge on any atom is 0.0571 e. The lowest BCUT2D eigenvalue weighted by molar-refractivity contribution is 1.24. The normalized spacial score (nSPS) is 11.4. The van der Waals surface area contributed by atoms with E-state index in [4.69, 9.17) is 0 Å². The lowest BCUT2D eigenvalue weighted by atomic mass is 10.1. The summed E-state index contributed by atoms with van der Waals surface area (Å²) in [7, 11) is 0. The Labute approximate surface area is 79.8 Å². The second-order valence-electron chi connectivity index (χ2n) is 3.08. The highest BCUT2D eigenvalue weighted by atomic mass is 14.7. The highest BCUT2D eigenvalue weighted by Crippen LogP contribution is 2.05. The van der Waals surface area contributed by atoms with E-state index >= 15 is 0 Å². The van der Waals surface area contributed by atoms with Crippen LogP contribution in [0.4, 0.5) is 0 Å². The molecule has 0 amide bonds. The van der Waals surface area contributed by atoms with Gasteiger partial charge in [0.1, 0.15) is 0 Å². The lowest BCUT2D eigenvalue weighted by Crippen LogP contribution is -1.95. The molecular weight excluding hydrogens is 158 g/mol. The van der Waals surface area contributed by atoms with E-state index in [1.54, 1.807) is 6.08 Å². The van der Waals surface area contributed by atoms with Crippen molar-refractivity contribution in [3.63, 3.8) is 0 Å². The zero-order valence-corrected chi connectivity index (χ0v) is 8.25. The fraction of sp³-hybridized carbons (Fsp3) is 0.250. The second-order valence-corrected chi connectivity index (χ2v) is 3.08. The van der Waals surface area contributed by atoms with E-state index in [1.165, 1.54) is 11.1 Å². The average molecular weight is 173 g/mol. The minimum absolute atomic E-state index is 0.694. The van der Waals surface area contributed by atoms with Gasteiger partial charge in [-0.3, -0.25) is 4.99 Å². The third-order valence-electron chi connectivity index (χ3n) is 1.89. The Balaban J connectivity index is 2.88. The summed E-state index contributed by atoms with van der Waals surface area (Å²) in [6.45, 7) is 8.44. The quantitative estimate of drug-likeness (QED) is 0.492. The SMILES string of the molecule is C=CCN=C(C)c1cccc(C)c1. The van der Waals surface area contributed by atoms with Crippen molar-refractivity contribution in [1.82, 2.24) is 0 Å². The summed E-state index contributed by atoms with van der Waals surface area (Å²) in [6, 6.07) is 8.36. The summed E-state index contributed by atoms with van der Waals surface area (Å²) >= 11 is 0. The molecule has 13 heavy (non-hydrogen) atoms. The third-order valence-corrected chi connectivity index (χ3v) is 1.89. The summed E-state index contributed by atoms with van der Waals surface area (Å²) in [4.78, 5) is 4.35. The predicted octanol–water partition coefficient (Wildman–Crippen LogP) is 2.99. The summed E-state index contributed by atoms with van der Waals surface area (Å²) in [6.07, 6.45) is 1.80. The van der Waals surface area contributed by atoms with Crippen LogP contribution in [0.5, 0.6) is 0 Å². The van der Waals surface area contributed by atoms with Gasteiger partial charge in [-0.05, 0) is 19.4 Å². The molecule has 1 aromatic rings. The van der Waals surface area contributed by atoms with Crippen LogP contribution < -0.4 is 0 Å². The largest absolute Gasteiger partial charge is 0.285 e. The fourth-order valence-corrected chi connectivity index (χ4v) is 1.16. The van der Waals surface area contributed by atoms with Gasteiger partial charge in [-0.2, -0.15) is 0 Å². The van der Waals surface area contributed by atoms with Crippen LogP contribution in [0.15, 0.2) is 41.9 Å². The smallest absolute Gasteiger partial charge is 0.0571 e. The minimum Gasteiger partial charge on any atom is -0.285 e. The van der Waals surface area contributed by atoms with Crippen LogP contribution >= 0.6 is 0 Å². The number of nitrogens with zero attached hydrogens (tertiary/aromatic N) is 1. The molecule has 0 unspecified atom stereocenters. The van der Waals surface area contributed by atoms with Crippen molar-refractivity contribution in [3.8, 4) is 0 Å². The van der Waals surface area contributed by atoms with Crippen LogP contribution in [-0.2, 0) is 0 Å². The molecule has 0 heterocycles. The first-order chi connectivity index (χ1) is 6.24.